The number of hydrogen-bond acceptors (Lipinski definition) is 0. The first-order valence-electron chi connectivity index (χ1n) is 13.8. The first kappa shape index (κ1) is 29.2. The maximum Gasteiger partial charge on any atom is -0.0291 e. The van der Waals surface area contributed by atoms with Crippen molar-refractivity contribution >= 4 is 7.92 Å². The molecule has 0 radical (unpaired) electrons. The average molecular weight is 425 g/mol. The predicted molar refractivity (Wildman–Crippen MR) is 140 cm³/mol. The van der Waals surface area contributed by atoms with E-state index < -0.39 is 0 Å². The maximum atomic E-state index is 2.61. The Kier molecular flexibility index (Phi) is 26.4. The summed E-state index contributed by atoms with van der Waals surface area (Å²) >= 11 is 0. The van der Waals surface area contributed by atoms with E-state index in [1.807, 2.05) is 0 Å². The van der Waals surface area contributed by atoms with Gasteiger partial charge in [0.05, 0.1) is 0 Å². The zero-order chi connectivity index (χ0) is 21.3. The first-order valence-corrected chi connectivity index (χ1v) is 15.5. The van der Waals surface area contributed by atoms with Gasteiger partial charge in [0.25, 0.3) is 0 Å². The summed E-state index contributed by atoms with van der Waals surface area (Å²) in [6.45, 7) is 6.90. The molecule has 0 aliphatic carbocycles. The predicted octanol–water partition coefficient (Wildman–Crippen LogP) is 11.2. The van der Waals surface area contributed by atoms with Crippen LogP contribution in [0.1, 0.15) is 156 Å². The lowest BCUT2D eigenvalue weighted by Crippen LogP contribution is -1.91. The van der Waals surface area contributed by atoms with Crippen molar-refractivity contribution < 1.29 is 0 Å². The van der Waals surface area contributed by atoms with Gasteiger partial charge in [0.15, 0.2) is 0 Å². The van der Waals surface area contributed by atoms with Crippen molar-refractivity contribution in [3.05, 3.63) is 11.9 Å². The third-order valence-electron chi connectivity index (χ3n) is 6.15. The molecule has 0 unspecified atom stereocenters. The minimum atomic E-state index is 0.184. The van der Waals surface area contributed by atoms with Gasteiger partial charge in [0.2, 0.25) is 0 Å². The van der Waals surface area contributed by atoms with E-state index in [1.165, 1.54) is 147 Å². The minimum absolute atomic E-state index is 0.184. The van der Waals surface area contributed by atoms with E-state index in [2.05, 4.69) is 32.7 Å². The van der Waals surface area contributed by atoms with Crippen molar-refractivity contribution in [1.82, 2.24) is 0 Å². The molecule has 0 rings (SSSR count). The van der Waals surface area contributed by atoms with E-state index in [0.29, 0.717) is 0 Å². The van der Waals surface area contributed by atoms with Gasteiger partial charge in [-0.2, -0.15) is 0 Å². The van der Waals surface area contributed by atoms with Crippen LogP contribution in [0.3, 0.4) is 0 Å². The Morgan fingerprint density at radius 3 is 1.03 bits per heavy atom. The molecular formula is C28H57P. The summed E-state index contributed by atoms with van der Waals surface area (Å²) in [6, 6.07) is 0. The molecule has 0 amide bonds. The van der Waals surface area contributed by atoms with Gasteiger partial charge in [-0.1, -0.05) is 156 Å². The van der Waals surface area contributed by atoms with E-state index in [0.717, 1.165) is 0 Å². The molecule has 0 N–H and O–H groups in total. The molecule has 0 fully saturated rings. The highest BCUT2D eigenvalue weighted by Crippen LogP contribution is 2.40. The molecule has 0 heterocycles. The maximum absolute atomic E-state index is 2.61. The van der Waals surface area contributed by atoms with Crippen LogP contribution in [0.15, 0.2) is 11.9 Å². The molecule has 174 valence electrons. The second-order valence-corrected chi connectivity index (χ2v) is 11.6. The van der Waals surface area contributed by atoms with E-state index in [-0.39, 0.29) is 7.92 Å². The largest absolute Gasteiger partial charge is 0.0843 e. The van der Waals surface area contributed by atoms with Gasteiger partial charge in [-0.05, 0) is 31.6 Å². The van der Waals surface area contributed by atoms with Crippen molar-refractivity contribution in [3.63, 3.8) is 0 Å². The molecule has 29 heavy (non-hydrogen) atoms. The third-order valence-corrected chi connectivity index (χ3v) is 8.56. The fourth-order valence-corrected chi connectivity index (χ4v) is 6.41. The highest BCUT2D eigenvalue weighted by atomic mass is 31.1. The summed E-state index contributed by atoms with van der Waals surface area (Å²) < 4.78 is 0. The highest BCUT2D eigenvalue weighted by molar-refractivity contribution is 7.60. The Morgan fingerprint density at radius 2 is 0.724 bits per heavy atom. The summed E-state index contributed by atoms with van der Waals surface area (Å²) in [5, 5.41) is 0. The molecule has 0 saturated heterocycles. The molecular weight excluding hydrogens is 367 g/mol. The smallest absolute Gasteiger partial charge is 0.0291 e. The summed E-state index contributed by atoms with van der Waals surface area (Å²) in [5.74, 6) is 2.61. The van der Waals surface area contributed by atoms with Crippen LogP contribution in [0.5, 0.6) is 0 Å². The van der Waals surface area contributed by atoms with E-state index in [4.69, 9.17) is 0 Å². The Labute approximate surface area is 187 Å². The number of hydrogen-bond donors (Lipinski definition) is 0. The molecule has 1 heteroatoms. The molecule has 0 bridgehead atoms. The van der Waals surface area contributed by atoms with Crippen LogP contribution in [0.25, 0.3) is 0 Å². The zero-order valence-corrected chi connectivity index (χ0v) is 21.8. The van der Waals surface area contributed by atoms with Gasteiger partial charge in [0.1, 0.15) is 0 Å². The molecule has 0 nitrogen and oxygen atoms in total. The normalized spacial score (nSPS) is 11.9. The summed E-state index contributed by atoms with van der Waals surface area (Å²) in [5.41, 5.74) is 0. The third kappa shape index (κ3) is 24.3. The molecule has 0 atom stereocenters. The van der Waals surface area contributed by atoms with Crippen LogP contribution in [0, 0.1) is 0 Å². The van der Waals surface area contributed by atoms with E-state index in [9.17, 15) is 0 Å². The van der Waals surface area contributed by atoms with Gasteiger partial charge in [-0.15, -0.1) is 0 Å². The first-order chi connectivity index (χ1) is 14.3. The van der Waals surface area contributed by atoms with Crippen molar-refractivity contribution in [1.29, 1.82) is 0 Å². The highest BCUT2D eigenvalue weighted by Gasteiger charge is 2.04. The topological polar surface area (TPSA) is 0 Å². The van der Waals surface area contributed by atoms with Crippen LogP contribution in [0.2, 0.25) is 0 Å². The molecule has 0 aromatic heterocycles. The van der Waals surface area contributed by atoms with E-state index in [1.54, 1.807) is 0 Å². The van der Waals surface area contributed by atoms with Crippen LogP contribution in [0.4, 0.5) is 0 Å². The van der Waals surface area contributed by atoms with Crippen LogP contribution in [-0.4, -0.2) is 12.3 Å². The SMILES string of the molecule is CC/C=C/P(CCCCCCCCCCCC)CCCCCCCCCCCC. The van der Waals surface area contributed by atoms with Crippen LogP contribution < -0.4 is 0 Å². The van der Waals surface area contributed by atoms with Gasteiger partial charge in [-0.3, -0.25) is 0 Å². The Bertz CT molecular complexity index is 285. The van der Waals surface area contributed by atoms with Gasteiger partial charge >= 0.3 is 0 Å². The summed E-state index contributed by atoms with van der Waals surface area (Å²) in [7, 11) is 0.184. The second-order valence-electron chi connectivity index (χ2n) is 9.19. The molecule has 0 aromatic carbocycles. The fraction of sp³-hybridized carbons (Fsp3) is 0.929. The Morgan fingerprint density at radius 1 is 0.414 bits per heavy atom. The van der Waals surface area contributed by atoms with E-state index >= 15 is 0 Å². The molecule has 0 spiro atoms. The lowest BCUT2D eigenvalue weighted by atomic mass is 10.1. The van der Waals surface area contributed by atoms with Crippen molar-refractivity contribution in [3.8, 4) is 0 Å². The van der Waals surface area contributed by atoms with Crippen LogP contribution in [-0.2, 0) is 0 Å². The molecule has 0 aliphatic rings. The minimum Gasteiger partial charge on any atom is -0.0843 e. The van der Waals surface area contributed by atoms with Gasteiger partial charge in [0, 0.05) is 0 Å². The van der Waals surface area contributed by atoms with Gasteiger partial charge in [-0.25, -0.2) is 0 Å². The Balaban J connectivity index is 3.56. The summed E-state index contributed by atoms with van der Waals surface area (Å²) in [4.78, 5) is 0. The standard InChI is InChI=1S/C28H57P/c1-4-7-10-12-14-16-18-20-22-24-27-29(26-9-6-3)28-25-23-21-19-17-15-13-11-8-5-2/h9,26H,4-8,10-25,27-28H2,1-3H3/b26-9+. The molecule has 0 aromatic rings. The fourth-order valence-electron chi connectivity index (χ4n) is 4.12. The average Bonchev–Trinajstić information content (AvgIpc) is 2.74. The quantitative estimate of drug-likeness (QED) is 0.107. The van der Waals surface area contributed by atoms with Crippen molar-refractivity contribution in [2.75, 3.05) is 12.3 Å². The van der Waals surface area contributed by atoms with Crippen LogP contribution >= 0.6 is 7.92 Å². The summed E-state index contributed by atoms with van der Waals surface area (Å²) in [6.07, 6.45) is 35.9. The number of unbranched alkanes of at least 4 members (excludes halogenated alkanes) is 18. The Hall–Kier alpha value is 0.170. The monoisotopic (exact) mass is 424 g/mol. The molecule has 0 aliphatic heterocycles. The number of allylic oxidation sites excluding steroid dienone is 1. The number of rotatable bonds is 24. The van der Waals surface area contributed by atoms with Crippen molar-refractivity contribution in [2.24, 2.45) is 0 Å². The molecule has 0 saturated carbocycles. The lowest BCUT2D eigenvalue weighted by Gasteiger charge is -2.13. The van der Waals surface area contributed by atoms with Gasteiger partial charge < -0.3 is 0 Å². The zero-order valence-electron chi connectivity index (χ0n) is 20.9. The second kappa shape index (κ2) is 26.2. The lowest BCUT2D eigenvalue weighted by molar-refractivity contribution is 0.561. The van der Waals surface area contributed by atoms with Crippen molar-refractivity contribution in [2.45, 2.75) is 156 Å².